The molecular weight excluding hydrogens is 284 g/mol. The maximum atomic E-state index is 11.9. The van der Waals surface area contributed by atoms with Crippen LogP contribution in [0, 0.1) is 0 Å². The minimum absolute atomic E-state index is 0.189. The molecule has 0 aliphatic carbocycles. The van der Waals surface area contributed by atoms with Gasteiger partial charge in [-0.25, -0.2) is 0 Å². The van der Waals surface area contributed by atoms with Gasteiger partial charge in [0.2, 0.25) is 5.91 Å². The van der Waals surface area contributed by atoms with Gasteiger partial charge in [-0.05, 0) is 32.0 Å². The highest BCUT2D eigenvalue weighted by atomic mass is 16.5. The van der Waals surface area contributed by atoms with Crippen LogP contribution in [0.1, 0.15) is 31.1 Å². The van der Waals surface area contributed by atoms with E-state index in [-0.39, 0.29) is 11.8 Å². The summed E-state index contributed by atoms with van der Waals surface area (Å²) >= 11 is 0. The van der Waals surface area contributed by atoms with Crippen LogP contribution in [0.25, 0.3) is 0 Å². The smallest absolute Gasteiger partial charge is 0.308 e. The lowest BCUT2D eigenvalue weighted by atomic mass is 10.2. The van der Waals surface area contributed by atoms with E-state index in [1.165, 1.54) is 19.1 Å². The molecule has 0 spiro atoms. The Kier molecular flexibility index (Phi) is 6.82. The van der Waals surface area contributed by atoms with E-state index in [4.69, 9.17) is 4.74 Å². The number of esters is 1. The highest BCUT2D eigenvalue weighted by Crippen LogP contribution is 2.13. The van der Waals surface area contributed by atoms with Gasteiger partial charge in [-0.2, -0.15) is 0 Å². The van der Waals surface area contributed by atoms with Crippen LogP contribution >= 0.6 is 0 Å². The summed E-state index contributed by atoms with van der Waals surface area (Å²) in [7, 11) is 0. The average Bonchev–Trinajstić information content (AvgIpc) is 2.42. The maximum absolute atomic E-state index is 11.9. The Morgan fingerprint density at radius 2 is 1.77 bits per heavy atom. The molecular formula is C16H20N2O4. The first-order valence-electron chi connectivity index (χ1n) is 6.88. The van der Waals surface area contributed by atoms with E-state index in [1.54, 1.807) is 18.2 Å². The van der Waals surface area contributed by atoms with E-state index >= 15 is 0 Å². The molecule has 0 aliphatic rings. The third-order valence-corrected chi connectivity index (χ3v) is 2.49. The van der Waals surface area contributed by atoms with Crippen LogP contribution in [-0.2, 0) is 9.59 Å². The fourth-order valence-corrected chi connectivity index (χ4v) is 1.64. The molecule has 0 heterocycles. The van der Waals surface area contributed by atoms with Gasteiger partial charge in [0.15, 0.2) is 0 Å². The van der Waals surface area contributed by atoms with E-state index < -0.39 is 5.97 Å². The van der Waals surface area contributed by atoms with Crippen molar-refractivity contribution in [3.8, 4) is 5.75 Å². The molecule has 1 rings (SSSR count). The number of hydrogen-bond acceptors (Lipinski definition) is 4. The monoisotopic (exact) mass is 304 g/mol. The molecule has 2 amide bonds. The number of ether oxygens (including phenoxy) is 1. The Balaban J connectivity index is 2.44. The Morgan fingerprint density at radius 3 is 2.41 bits per heavy atom. The average molecular weight is 304 g/mol. The molecule has 0 bridgehead atoms. The molecule has 6 nitrogen and oxygen atoms in total. The van der Waals surface area contributed by atoms with E-state index in [2.05, 4.69) is 10.6 Å². The Morgan fingerprint density at radius 1 is 1.09 bits per heavy atom. The lowest BCUT2D eigenvalue weighted by molar-refractivity contribution is -0.131. The SMILES string of the molecule is CC(=O)Oc1cccc(C(=O)NCCNC(=O)C=C(C)C)c1. The fourth-order valence-electron chi connectivity index (χ4n) is 1.64. The lowest BCUT2D eigenvalue weighted by Gasteiger charge is -2.07. The summed E-state index contributed by atoms with van der Waals surface area (Å²) < 4.78 is 4.92. The second-order valence-electron chi connectivity index (χ2n) is 4.89. The van der Waals surface area contributed by atoms with E-state index in [0.717, 1.165) is 5.57 Å². The zero-order valence-electron chi connectivity index (χ0n) is 12.9. The summed E-state index contributed by atoms with van der Waals surface area (Å²) in [6.07, 6.45) is 1.49. The number of allylic oxidation sites excluding steroid dienone is 1. The number of nitrogens with one attached hydrogen (secondary N) is 2. The van der Waals surface area contributed by atoms with Gasteiger partial charge in [-0.1, -0.05) is 11.6 Å². The quantitative estimate of drug-likeness (QED) is 0.360. The second-order valence-corrected chi connectivity index (χ2v) is 4.89. The molecule has 0 aromatic heterocycles. The highest BCUT2D eigenvalue weighted by molar-refractivity contribution is 5.94. The third kappa shape index (κ3) is 6.69. The number of hydrogen-bond donors (Lipinski definition) is 2. The lowest BCUT2D eigenvalue weighted by Crippen LogP contribution is -2.34. The van der Waals surface area contributed by atoms with Crippen molar-refractivity contribution < 1.29 is 19.1 Å². The molecule has 1 aromatic rings. The standard InChI is InChI=1S/C16H20N2O4/c1-11(2)9-15(20)17-7-8-18-16(21)13-5-4-6-14(10-13)22-12(3)19/h4-6,9-10H,7-8H2,1-3H3,(H,17,20)(H,18,21). The predicted molar refractivity (Wildman–Crippen MR) is 82.5 cm³/mol. The van der Waals surface area contributed by atoms with Gasteiger partial charge in [0.25, 0.3) is 5.91 Å². The molecule has 1 aromatic carbocycles. The molecule has 22 heavy (non-hydrogen) atoms. The molecule has 0 fully saturated rings. The van der Waals surface area contributed by atoms with E-state index in [1.807, 2.05) is 13.8 Å². The van der Waals surface area contributed by atoms with Crippen molar-refractivity contribution in [1.82, 2.24) is 10.6 Å². The molecule has 0 radical (unpaired) electrons. The van der Waals surface area contributed by atoms with Crippen molar-refractivity contribution in [1.29, 1.82) is 0 Å². The minimum Gasteiger partial charge on any atom is -0.427 e. The molecule has 6 heteroatoms. The van der Waals surface area contributed by atoms with Crippen LogP contribution in [0.15, 0.2) is 35.9 Å². The third-order valence-electron chi connectivity index (χ3n) is 2.49. The first-order valence-corrected chi connectivity index (χ1v) is 6.88. The van der Waals surface area contributed by atoms with E-state index in [9.17, 15) is 14.4 Å². The maximum Gasteiger partial charge on any atom is 0.308 e. The summed E-state index contributed by atoms with van der Waals surface area (Å²) in [5, 5.41) is 5.33. The Labute approximate surface area is 129 Å². The van der Waals surface area contributed by atoms with Crippen molar-refractivity contribution >= 4 is 17.8 Å². The molecule has 0 saturated carbocycles. The number of benzene rings is 1. The van der Waals surface area contributed by atoms with Crippen LogP contribution in [0.2, 0.25) is 0 Å². The number of amides is 2. The predicted octanol–water partition coefficient (Wildman–Crippen LogP) is 1.42. The van der Waals surface area contributed by atoms with Crippen LogP contribution in [0.3, 0.4) is 0 Å². The zero-order chi connectivity index (χ0) is 16.5. The number of rotatable bonds is 6. The van der Waals surface area contributed by atoms with Gasteiger partial charge in [-0.3, -0.25) is 14.4 Å². The molecule has 0 aliphatic heterocycles. The van der Waals surface area contributed by atoms with Gasteiger partial charge in [0.05, 0.1) is 0 Å². The van der Waals surface area contributed by atoms with Gasteiger partial charge >= 0.3 is 5.97 Å². The van der Waals surface area contributed by atoms with Crippen LogP contribution < -0.4 is 15.4 Å². The second kappa shape index (κ2) is 8.61. The highest BCUT2D eigenvalue weighted by Gasteiger charge is 2.07. The van der Waals surface area contributed by atoms with Crippen molar-refractivity contribution in [2.45, 2.75) is 20.8 Å². The van der Waals surface area contributed by atoms with Gasteiger partial charge in [0.1, 0.15) is 5.75 Å². The van der Waals surface area contributed by atoms with Gasteiger partial charge in [-0.15, -0.1) is 0 Å². The Bertz CT molecular complexity index is 590. The zero-order valence-corrected chi connectivity index (χ0v) is 12.9. The number of carbonyl (C=O) groups is 3. The first-order chi connectivity index (χ1) is 10.4. The Hall–Kier alpha value is -2.63. The van der Waals surface area contributed by atoms with Crippen molar-refractivity contribution in [3.05, 3.63) is 41.5 Å². The van der Waals surface area contributed by atoms with Gasteiger partial charge in [0, 0.05) is 31.7 Å². The fraction of sp³-hybridized carbons (Fsp3) is 0.312. The topological polar surface area (TPSA) is 84.5 Å². The molecule has 2 N–H and O–H groups in total. The van der Waals surface area contributed by atoms with E-state index in [0.29, 0.717) is 24.4 Å². The molecule has 0 atom stereocenters. The first kappa shape index (κ1) is 17.4. The number of carbonyl (C=O) groups excluding carboxylic acids is 3. The van der Waals surface area contributed by atoms with Crippen LogP contribution in [0.4, 0.5) is 0 Å². The van der Waals surface area contributed by atoms with Crippen molar-refractivity contribution in [2.75, 3.05) is 13.1 Å². The summed E-state index contributed by atoms with van der Waals surface area (Å²) in [4.78, 5) is 34.2. The molecule has 0 saturated heterocycles. The van der Waals surface area contributed by atoms with Crippen LogP contribution in [-0.4, -0.2) is 30.9 Å². The van der Waals surface area contributed by atoms with Crippen molar-refractivity contribution in [3.63, 3.8) is 0 Å². The van der Waals surface area contributed by atoms with Crippen molar-refractivity contribution in [2.24, 2.45) is 0 Å². The summed E-state index contributed by atoms with van der Waals surface area (Å²) in [5.41, 5.74) is 1.29. The summed E-state index contributed by atoms with van der Waals surface area (Å²) in [6, 6.07) is 6.32. The molecule has 0 unspecified atom stereocenters. The largest absolute Gasteiger partial charge is 0.427 e. The normalized spacial score (nSPS) is 9.59. The molecule has 118 valence electrons. The van der Waals surface area contributed by atoms with Crippen LogP contribution in [0.5, 0.6) is 5.75 Å². The van der Waals surface area contributed by atoms with Gasteiger partial charge < -0.3 is 15.4 Å². The summed E-state index contributed by atoms with van der Waals surface area (Å²) in [5.74, 6) is -0.617. The summed E-state index contributed by atoms with van der Waals surface area (Å²) in [6.45, 7) is 5.59. The minimum atomic E-state index is -0.445.